The second-order valence-corrected chi connectivity index (χ2v) is 2.18. The molecule has 0 fully saturated rings. The SMILES string of the molecule is CCCC(O)C(N)=S.Cl. The van der Waals surface area contributed by atoms with Gasteiger partial charge in [-0.15, -0.1) is 12.4 Å². The van der Waals surface area contributed by atoms with Crippen molar-refractivity contribution < 1.29 is 5.11 Å². The Bertz CT molecular complexity index is 89.0. The third-order valence-electron chi connectivity index (χ3n) is 0.891. The van der Waals surface area contributed by atoms with Crippen molar-refractivity contribution in [3.8, 4) is 0 Å². The van der Waals surface area contributed by atoms with Gasteiger partial charge in [0.15, 0.2) is 0 Å². The van der Waals surface area contributed by atoms with Crippen molar-refractivity contribution in [2.75, 3.05) is 0 Å². The molecule has 4 heteroatoms. The van der Waals surface area contributed by atoms with Gasteiger partial charge in [0, 0.05) is 0 Å². The van der Waals surface area contributed by atoms with Crippen LogP contribution in [0.2, 0.25) is 0 Å². The van der Waals surface area contributed by atoms with E-state index in [1.807, 2.05) is 6.92 Å². The van der Waals surface area contributed by atoms with Crippen LogP contribution in [-0.2, 0) is 0 Å². The lowest BCUT2D eigenvalue weighted by atomic mass is 10.2. The van der Waals surface area contributed by atoms with E-state index >= 15 is 0 Å². The highest BCUT2D eigenvalue weighted by Crippen LogP contribution is 1.94. The molecule has 0 aromatic carbocycles. The number of aliphatic hydroxyl groups is 1. The van der Waals surface area contributed by atoms with Crippen LogP contribution in [0.4, 0.5) is 0 Å². The van der Waals surface area contributed by atoms with Crippen LogP contribution in [0.1, 0.15) is 19.8 Å². The minimum absolute atomic E-state index is 0. The van der Waals surface area contributed by atoms with E-state index < -0.39 is 6.10 Å². The van der Waals surface area contributed by atoms with Crippen molar-refractivity contribution in [1.82, 2.24) is 0 Å². The maximum absolute atomic E-state index is 8.86. The molecule has 0 saturated heterocycles. The highest BCUT2D eigenvalue weighted by Gasteiger charge is 2.02. The van der Waals surface area contributed by atoms with Gasteiger partial charge in [-0.3, -0.25) is 0 Å². The van der Waals surface area contributed by atoms with Crippen molar-refractivity contribution in [1.29, 1.82) is 0 Å². The monoisotopic (exact) mass is 169 g/mol. The molecule has 0 saturated carbocycles. The molecule has 0 spiro atoms. The van der Waals surface area contributed by atoms with Gasteiger partial charge in [-0.1, -0.05) is 25.6 Å². The van der Waals surface area contributed by atoms with Crippen LogP contribution >= 0.6 is 24.6 Å². The number of nitrogens with two attached hydrogens (primary N) is 1. The second kappa shape index (κ2) is 6.26. The zero-order chi connectivity index (χ0) is 6.57. The van der Waals surface area contributed by atoms with Gasteiger partial charge < -0.3 is 10.8 Å². The average molecular weight is 170 g/mol. The first-order valence-corrected chi connectivity index (χ1v) is 3.06. The van der Waals surface area contributed by atoms with Crippen LogP contribution in [0, 0.1) is 0 Å². The van der Waals surface area contributed by atoms with Gasteiger partial charge >= 0.3 is 0 Å². The van der Waals surface area contributed by atoms with Gasteiger partial charge in [0.1, 0.15) is 11.1 Å². The summed E-state index contributed by atoms with van der Waals surface area (Å²) >= 11 is 4.51. The maximum Gasteiger partial charge on any atom is 0.104 e. The van der Waals surface area contributed by atoms with Gasteiger partial charge in [0.05, 0.1) is 0 Å². The predicted octanol–water partition coefficient (Wildman–Crippen LogP) is 0.855. The summed E-state index contributed by atoms with van der Waals surface area (Å²) < 4.78 is 0. The van der Waals surface area contributed by atoms with Crippen LogP contribution in [0.15, 0.2) is 0 Å². The number of halogens is 1. The van der Waals surface area contributed by atoms with E-state index in [2.05, 4.69) is 12.2 Å². The Labute approximate surface area is 66.8 Å². The predicted molar refractivity (Wildman–Crippen MR) is 44.9 cm³/mol. The van der Waals surface area contributed by atoms with Gasteiger partial charge in [-0.05, 0) is 6.42 Å². The minimum atomic E-state index is -0.574. The van der Waals surface area contributed by atoms with Gasteiger partial charge in [0.2, 0.25) is 0 Å². The Morgan fingerprint density at radius 1 is 1.78 bits per heavy atom. The van der Waals surface area contributed by atoms with Crippen molar-refractivity contribution in [3.05, 3.63) is 0 Å². The van der Waals surface area contributed by atoms with Crippen molar-refractivity contribution in [2.24, 2.45) is 5.73 Å². The summed E-state index contributed by atoms with van der Waals surface area (Å²) in [5, 5.41) is 8.86. The third kappa shape index (κ3) is 6.02. The molecule has 0 amide bonds. The van der Waals surface area contributed by atoms with Crippen LogP contribution in [0.3, 0.4) is 0 Å². The Morgan fingerprint density at radius 3 is 2.33 bits per heavy atom. The summed E-state index contributed by atoms with van der Waals surface area (Å²) in [7, 11) is 0. The summed E-state index contributed by atoms with van der Waals surface area (Å²) in [5.41, 5.74) is 5.10. The molecule has 0 radical (unpaired) electrons. The van der Waals surface area contributed by atoms with E-state index in [0.717, 1.165) is 6.42 Å². The molecule has 0 bridgehead atoms. The Morgan fingerprint density at radius 2 is 2.22 bits per heavy atom. The first kappa shape index (κ1) is 11.9. The number of hydrogen-bond donors (Lipinski definition) is 2. The van der Waals surface area contributed by atoms with E-state index in [9.17, 15) is 0 Å². The van der Waals surface area contributed by atoms with Crippen molar-refractivity contribution in [3.63, 3.8) is 0 Å². The van der Waals surface area contributed by atoms with Gasteiger partial charge in [-0.2, -0.15) is 0 Å². The number of aliphatic hydroxyl groups excluding tert-OH is 1. The largest absolute Gasteiger partial charge is 0.391 e. The Hall–Kier alpha value is 0.140. The van der Waals surface area contributed by atoms with Crippen LogP contribution in [-0.4, -0.2) is 16.2 Å². The van der Waals surface area contributed by atoms with Crippen LogP contribution in [0.5, 0.6) is 0 Å². The lowest BCUT2D eigenvalue weighted by Gasteiger charge is -2.03. The molecule has 9 heavy (non-hydrogen) atoms. The van der Waals surface area contributed by atoms with E-state index in [4.69, 9.17) is 10.8 Å². The molecule has 1 unspecified atom stereocenters. The normalized spacial score (nSPS) is 11.8. The van der Waals surface area contributed by atoms with Crippen LogP contribution < -0.4 is 5.73 Å². The zero-order valence-corrected chi connectivity index (χ0v) is 6.97. The van der Waals surface area contributed by atoms with E-state index in [1.165, 1.54) is 0 Å². The minimum Gasteiger partial charge on any atom is -0.391 e. The van der Waals surface area contributed by atoms with E-state index in [0.29, 0.717) is 6.42 Å². The van der Waals surface area contributed by atoms with Gasteiger partial charge in [-0.25, -0.2) is 0 Å². The molecule has 0 aliphatic carbocycles. The summed E-state index contributed by atoms with van der Waals surface area (Å²) in [6.07, 6.45) is 1.02. The zero-order valence-electron chi connectivity index (χ0n) is 5.33. The molecule has 0 aromatic rings. The highest BCUT2D eigenvalue weighted by molar-refractivity contribution is 7.80. The van der Waals surface area contributed by atoms with Crippen molar-refractivity contribution >= 4 is 29.6 Å². The molecule has 1 atom stereocenters. The Kier molecular flexibility index (Phi) is 8.27. The topological polar surface area (TPSA) is 46.2 Å². The molecule has 0 heterocycles. The smallest absolute Gasteiger partial charge is 0.104 e. The molecular formula is C5H12ClNOS. The lowest BCUT2D eigenvalue weighted by molar-refractivity contribution is 0.231. The van der Waals surface area contributed by atoms with Crippen molar-refractivity contribution in [2.45, 2.75) is 25.9 Å². The lowest BCUT2D eigenvalue weighted by Crippen LogP contribution is -2.25. The molecule has 3 N–H and O–H groups in total. The molecule has 56 valence electrons. The first-order chi connectivity index (χ1) is 3.68. The summed E-state index contributed by atoms with van der Waals surface area (Å²) in [6.45, 7) is 1.97. The summed E-state index contributed by atoms with van der Waals surface area (Å²) in [6, 6.07) is 0. The fourth-order valence-electron chi connectivity index (χ4n) is 0.416. The fourth-order valence-corrected chi connectivity index (χ4v) is 0.534. The molecule has 0 aromatic heterocycles. The summed E-state index contributed by atoms with van der Waals surface area (Å²) in [4.78, 5) is 0.201. The van der Waals surface area contributed by atoms with Crippen LogP contribution in [0.25, 0.3) is 0 Å². The quantitative estimate of drug-likeness (QED) is 0.616. The fraction of sp³-hybridized carbons (Fsp3) is 0.800. The first-order valence-electron chi connectivity index (χ1n) is 2.66. The molecule has 2 nitrogen and oxygen atoms in total. The standard InChI is InChI=1S/C5H11NOS.ClH/c1-2-3-4(7)5(6)8;/h4,7H,2-3H2,1H3,(H2,6,8);1H. The third-order valence-corrected chi connectivity index (χ3v) is 1.16. The molecular weight excluding hydrogens is 158 g/mol. The van der Waals surface area contributed by atoms with Gasteiger partial charge in [0.25, 0.3) is 0 Å². The molecule has 0 aliphatic rings. The second-order valence-electron chi connectivity index (χ2n) is 1.71. The Balaban J connectivity index is 0. The molecule has 0 aliphatic heterocycles. The maximum atomic E-state index is 8.86. The number of rotatable bonds is 3. The average Bonchev–Trinajstić information content (AvgIpc) is 1.67. The molecule has 0 rings (SSSR count). The number of hydrogen-bond acceptors (Lipinski definition) is 2. The van der Waals surface area contributed by atoms with E-state index in [-0.39, 0.29) is 17.4 Å². The van der Waals surface area contributed by atoms with E-state index in [1.54, 1.807) is 0 Å². The summed E-state index contributed by atoms with van der Waals surface area (Å²) in [5.74, 6) is 0. The highest BCUT2D eigenvalue weighted by atomic mass is 35.5. The number of thiocarbonyl (C=S) groups is 1.